The van der Waals surface area contributed by atoms with Crippen LogP contribution in [0.25, 0.3) is 0 Å². The molecule has 0 radical (unpaired) electrons. The number of carbonyl (C=O) groups is 1. The van der Waals surface area contributed by atoms with E-state index in [2.05, 4.69) is 0 Å². The van der Waals surface area contributed by atoms with Crippen molar-refractivity contribution in [2.45, 2.75) is 30.7 Å². The van der Waals surface area contributed by atoms with E-state index in [-0.39, 0.29) is 22.6 Å². The van der Waals surface area contributed by atoms with Gasteiger partial charge in [-0.25, -0.2) is 8.42 Å². The number of rotatable bonds is 5. The predicted octanol–water partition coefficient (Wildman–Crippen LogP) is 1.30. The molecule has 138 valence electrons. The second kappa shape index (κ2) is 6.96. The maximum atomic E-state index is 12.7. The van der Waals surface area contributed by atoms with Crippen LogP contribution >= 0.6 is 0 Å². The third-order valence-corrected chi connectivity index (χ3v) is 7.46. The zero-order valence-electron chi connectivity index (χ0n) is 14.7. The van der Waals surface area contributed by atoms with Crippen LogP contribution in [0.3, 0.4) is 0 Å². The summed E-state index contributed by atoms with van der Waals surface area (Å²) in [5.41, 5.74) is 6.12. The Kier molecular flexibility index (Phi) is 5.06. The van der Waals surface area contributed by atoms with E-state index < -0.39 is 15.8 Å². The zero-order chi connectivity index (χ0) is 18.2. The van der Waals surface area contributed by atoms with Gasteiger partial charge in [-0.3, -0.25) is 4.79 Å². The van der Waals surface area contributed by atoms with Crippen LogP contribution in [0.2, 0.25) is 0 Å². The van der Waals surface area contributed by atoms with E-state index in [1.54, 1.807) is 19.1 Å². The Hall–Kier alpha value is -1.60. The maximum Gasteiger partial charge on any atom is 0.226 e. The van der Waals surface area contributed by atoms with Gasteiger partial charge >= 0.3 is 0 Å². The van der Waals surface area contributed by atoms with Crippen molar-refractivity contribution in [1.29, 1.82) is 0 Å². The molecule has 6 nitrogen and oxygen atoms in total. The number of ether oxygens (including phenoxy) is 1. The van der Waals surface area contributed by atoms with Crippen LogP contribution < -0.4 is 10.5 Å². The number of hydrogen-bond donors (Lipinski definition) is 1. The average Bonchev–Trinajstić information content (AvgIpc) is 3.16. The number of sulfone groups is 1. The molecule has 7 heteroatoms. The van der Waals surface area contributed by atoms with E-state index in [0.29, 0.717) is 30.7 Å². The molecule has 2 aliphatic rings. The van der Waals surface area contributed by atoms with E-state index in [1.165, 1.54) is 19.2 Å². The van der Waals surface area contributed by atoms with Crippen LogP contribution in [0.15, 0.2) is 29.2 Å². The fourth-order valence-corrected chi connectivity index (χ4v) is 5.62. The number of methoxy groups -OCH3 is 1. The molecule has 3 rings (SSSR count). The molecule has 2 N–H and O–H groups in total. The number of nitrogens with two attached hydrogens (primary N) is 1. The zero-order valence-corrected chi connectivity index (χ0v) is 15.5. The van der Waals surface area contributed by atoms with Gasteiger partial charge in [0.2, 0.25) is 5.91 Å². The van der Waals surface area contributed by atoms with Crippen LogP contribution in [0.4, 0.5) is 0 Å². The van der Waals surface area contributed by atoms with Crippen LogP contribution in [0.5, 0.6) is 5.75 Å². The predicted molar refractivity (Wildman–Crippen MR) is 95.0 cm³/mol. The van der Waals surface area contributed by atoms with Gasteiger partial charge in [0.05, 0.1) is 17.8 Å². The Morgan fingerprint density at radius 1 is 1.28 bits per heavy atom. The molecule has 4 unspecified atom stereocenters. The molecule has 1 amide bonds. The highest BCUT2D eigenvalue weighted by Gasteiger charge is 2.43. The molecule has 1 saturated heterocycles. The molecule has 1 heterocycles. The van der Waals surface area contributed by atoms with E-state index in [4.69, 9.17) is 10.5 Å². The third-order valence-electron chi connectivity index (χ3n) is 5.53. The van der Waals surface area contributed by atoms with Crippen molar-refractivity contribution in [3.8, 4) is 5.75 Å². The van der Waals surface area contributed by atoms with Gasteiger partial charge in [0, 0.05) is 25.0 Å². The summed E-state index contributed by atoms with van der Waals surface area (Å²) in [6, 6.07) is 6.43. The fourth-order valence-electron chi connectivity index (χ4n) is 4.08. The molecule has 0 bridgehead atoms. The number of benzene rings is 1. The molecule has 1 aromatic carbocycles. The van der Waals surface area contributed by atoms with Crippen molar-refractivity contribution in [1.82, 2.24) is 4.90 Å². The van der Waals surface area contributed by atoms with Gasteiger partial charge in [-0.15, -0.1) is 0 Å². The first kappa shape index (κ1) is 18.2. The smallest absolute Gasteiger partial charge is 0.226 e. The second-order valence-electron chi connectivity index (χ2n) is 7.27. The molecular formula is C18H26N2O4S. The molecule has 25 heavy (non-hydrogen) atoms. The van der Waals surface area contributed by atoms with Gasteiger partial charge in [-0.1, -0.05) is 6.92 Å². The summed E-state index contributed by atoms with van der Waals surface area (Å²) in [7, 11) is -1.99. The topological polar surface area (TPSA) is 89.7 Å². The summed E-state index contributed by atoms with van der Waals surface area (Å²) in [6.45, 7) is 3.07. The van der Waals surface area contributed by atoms with Crippen molar-refractivity contribution < 1.29 is 17.9 Å². The minimum atomic E-state index is -3.52. The lowest BCUT2D eigenvalue weighted by atomic mass is 9.98. The van der Waals surface area contributed by atoms with Crippen molar-refractivity contribution in [3.05, 3.63) is 24.3 Å². The lowest BCUT2D eigenvalue weighted by Crippen LogP contribution is -2.38. The minimum absolute atomic E-state index is 0.0845. The lowest BCUT2D eigenvalue weighted by Gasteiger charge is -2.22. The van der Waals surface area contributed by atoms with Gasteiger partial charge in [0.25, 0.3) is 0 Å². The monoisotopic (exact) mass is 366 g/mol. The van der Waals surface area contributed by atoms with E-state index in [9.17, 15) is 13.2 Å². The normalized spacial score (nSPS) is 27.2. The third kappa shape index (κ3) is 3.67. The number of carbonyl (C=O) groups excluding carboxylic acids is 1. The molecule has 1 aliphatic carbocycles. The number of hydrogen-bond acceptors (Lipinski definition) is 5. The largest absolute Gasteiger partial charge is 0.497 e. The van der Waals surface area contributed by atoms with Gasteiger partial charge in [-0.05, 0) is 48.9 Å². The molecule has 4 atom stereocenters. The van der Waals surface area contributed by atoms with Gasteiger partial charge in [0.1, 0.15) is 5.75 Å². The highest BCUT2D eigenvalue weighted by Crippen LogP contribution is 2.37. The summed E-state index contributed by atoms with van der Waals surface area (Å²) in [5.74, 6) is 0.610. The highest BCUT2D eigenvalue weighted by molar-refractivity contribution is 7.91. The summed E-state index contributed by atoms with van der Waals surface area (Å²) in [5, 5.41) is 0. The SMILES string of the molecule is COc1ccc(S(=O)(=O)CC(C)C(=O)N2CC3CCC(N)C3C2)cc1. The Balaban J connectivity index is 1.64. The van der Waals surface area contributed by atoms with Crippen LogP contribution in [0, 0.1) is 17.8 Å². The fraction of sp³-hybridized carbons (Fsp3) is 0.611. The summed E-state index contributed by atoms with van der Waals surface area (Å²) in [4.78, 5) is 14.7. The van der Waals surface area contributed by atoms with E-state index in [0.717, 1.165) is 12.8 Å². The van der Waals surface area contributed by atoms with E-state index >= 15 is 0 Å². The molecule has 0 spiro atoms. The average molecular weight is 366 g/mol. The number of amides is 1. The van der Waals surface area contributed by atoms with Crippen LogP contribution in [-0.2, 0) is 14.6 Å². The van der Waals surface area contributed by atoms with E-state index in [1.807, 2.05) is 4.90 Å². The van der Waals surface area contributed by atoms with Crippen molar-refractivity contribution >= 4 is 15.7 Å². The molecule has 2 fully saturated rings. The number of fused-ring (bicyclic) bond motifs is 1. The molecular weight excluding hydrogens is 340 g/mol. The Bertz CT molecular complexity index is 732. The quantitative estimate of drug-likeness (QED) is 0.848. The van der Waals surface area contributed by atoms with Gasteiger partial charge in [-0.2, -0.15) is 0 Å². The van der Waals surface area contributed by atoms with Crippen molar-refractivity contribution in [2.24, 2.45) is 23.5 Å². The summed E-state index contributed by atoms with van der Waals surface area (Å²) < 4.78 is 30.2. The van der Waals surface area contributed by atoms with Crippen molar-refractivity contribution in [2.75, 3.05) is 26.0 Å². The molecule has 0 aromatic heterocycles. The Morgan fingerprint density at radius 2 is 1.96 bits per heavy atom. The maximum absolute atomic E-state index is 12.7. The Morgan fingerprint density at radius 3 is 2.56 bits per heavy atom. The van der Waals surface area contributed by atoms with Crippen LogP contribution in [0.1, 0.15) is 19.8 Å². The standard InChI is InChI=1S/C18H26N2O4S/c1-12(11-25(22,23)15-6-4-14(24-2)5-7-15)18(21)20-9-13-3-8-17(19)16(13)10-20/h4-7,12-13,16-17H,3,8-11,19H2,1-2H3. The molecule has 1 saturated carbocycles. The van der Waals surface area contributed by atoms with Crippen molar-refractivity contribution in [3.63, 3.8) is 0 Å². The first-order chi connectivity index (χ1) is 11.8. The Labute approximate surface area is 149 Å². The first-order valence-electron chi connectivity index (χ1n) is 8.73. The van der Waals surface area contributed by atoms with Gasteiger partial charge < -0.3 is 15.4 Å². The molecule has 1 aromatic rings. The summed E-state index contributed by atoms with van der Waals surface area (Å²) in [6.07, 6.45) is 2.09. The summed E-state index contributed by atoms with van der Waals surface area (Å²) >= 11 is 0. The number of likely N-dealkylation sites (tertiary alicyclic amines) is 1. The lowest BCUT2D eigenvalue weighted by molar-refractivity contribution is -0.133. The minimum Gasteiger partial charge on any atom is -0.497 e. The second-order valence-corrected chi connectivity index (χ2v) is 9.30. The first-order valence-corrected chi connectivity index (χ1v) is 10.4. The van der Waals surface area contributed by atoms with Crippen LogP contribution in [-0.4, -0.2) is 51.2 Å². The molecule has 1 aliphatic heterocycles. The van der Waals surface area contributed by atoms with Gasteiger partial charge in [0.15, 0.2) is 9.84 Å². The highest BCUT2D eigenvalue weighted by atomic mass is 32.2. The number of nitrogens with zero attached hydrogens (tertiary/aromatic N) is 1.